The fourth-order valence-corrected chi connectivity index (χ4v) is 8.89. The highest BCUT2D eigenvalue weighted by Crippen LogP contribution is 2.37. The molecule has 2 unspecified atom stereocenters. The van der Waals surface area contributed by atoms with Crippen LogP contribution in [0.2, 0.25) is 0 Å². The molecule has 270 valence electrons. The third-order valence-corrected chi connectivity index (χ3v) is 11.6. The van der Waals surface area contributed by atoms with E-state index in [1.165, 1.54) is 27.4 Å². The van der Waals surface area contributed by atoms with Crippen molar-refractivity contribution in [3.8, 4) is 5.69 Å². The summed E-state index contributed by atoms with van der Waals surface area (Å²) in [6.45, 7) is 0. The van der Waals surface area contributed by atoms with Gasteiger partial charge >= 0.3 is 0 Å². The topological polar surface area (TPSA) is 68.0 Å². The molecule has 6 nitrogen and oxygen atoms in total. The van der Waals surface area contributed by atoms with Gasteiger partial charge in [0.05, 0.1) is 22.1 Å². The lowest BCUT2D eigenvalue weighted by molar-refractivity contribution is 0.569. The fourth-order valence-electron chi connectivity index (χ4n) is 8.89. The Morgan fingerprint density at radius 1 is 0.561 bits per heavy atom. The molecule has 1 N–H and O–H groups in total. The molecule has 7 aromatic carbocycles. The zero-order valence-corrected chi connectivity index (χ0v) is 30.8. The van der Waals surface area contributed by atoms with Crippen LogP contribution in [0.3, 0.4) is 0 Å². The van der Waals surface area contributed by atoms with E-state index in [1.807, 2.05) is 36.4 Å². The quantitative estimate of drug-likeness (QED) is 0.191. The van der Waals surface area contributed by atoms with Crippen molar-refractivity contribution in [2.45, 2.75) is 18.5 Å². The zero-order chi connectivity index (χ0) is 37.5. The predicted molar refractivity (Wildman–Crippen MR) is 232 cm³/mol. The van der Waals surface area contributed by atoms with Crippen LogP contribution in [0.15, 0.2) is 183 Å². The predicted octanol–water partition coefficient (Wildman–Crippen LogP) is 10.7. The number of rotatable bonds is 5. The molecule has 57 heavy (non-hydrogen) atoms. The number of nitrogens with zero attached hydrogens (tertiary/aromatic N) is 3. The Hall–Kier alpha value is -7.44. The highest BCUT2D eigenvalue weighted by molar-refractivity contribution is 6.13. The first-order chi connectivity index (χ1) is 28.2. The standard InChI is InChI=1S/C51H34N4O2/c1-3-12-31(13-4-1)49-52-50(32-14-5-2-6-15-32)54-51(53-49)35-24-27-45-40(29-35)39-28-33(23-26-44(39)56-45)34-22-25-38-47(30-34)57-46-21-11-20-43(48(38)46)55-41-18-9-7-16-36(41)37-17-8-10-19-42(37)55/h1-21,23-30,34,51H,22H2,(H,52,53,54). The summed E-state index contributed by atoms with van der Waals surface area (Å²) in [6, 6.07) is 57.1. The third-order valence-electron chi connectivity index (χ3n) is 11.6. The second-order valence-electron chi connectivity index (χ2n) is 14.9. The van der Waals surface area contributed by atoms with Gasteiger partial charge in [-0.3, -0.25) is 0 Å². The summed E-state index contributed by atoms with van der Waals surface area (Å²) in [5, 5.41) is 10.6. The lowest BCUT2D eigenvalue weighted by Gasteiger charge is -2.23. The van der Waals surface area contributed by atoms with Crippen LogP contribution in [0.1, 0.15) is 40.8 Å². The van der Waals surface area contributed by atoms with E-state index in [9.17, 15) is 0 Å². The first-order valence-corrected chi connectivity index (χ1v) is 19.5. The van der Waals surface area contributed by atoms with Crippen molar-refractivity contribution in [2.75, 3.05) is 0 Å². The summed E-state index contributed by atoms with van der Waals surface area (Å²) in [7, 11) is 0. The van der Waals surface area contributed by atoms with Crippen molar-refractivity contribution in [3.05, 3.63) is 197 Å². The van der Waals surface area contributed by atoms with Crippen molar-refractivity contribution in [3.63, 3.8) is 0 Å². The van der Waals surface area contributed by atoms with Gasteiger partial charge in [-0.15, -0.1) is 0 Å². The lowest BCUT2D eigenvalue weighted by Crippen LogP contribution is -2.33. The van der Waals surface area contributed by atoms with Gasteiger partial charge in [0.2, 0.25) is 0 Å². The highest BCUT2D eigenvalue weighted by Gasteiger charge is 2.23. The van der Waals surface area contributed by atoms with Crippen LogP contribution in [-0.2, 0) is 0 Å². The fraction of sp³-hybridized carbons (Fsp3) is 0.0588. The largest absolute Gasteiger partial charge is 0.456 e. The third kappa shape index (κ3) is 5.11. The number of nitrogens with one attached hydrogen (secondary N) is 1. The Morgan fingerprint density at radius 2 is 1.21 bits per heavy atom. The Balaban J connectivity index is 0.939. The van der Waals surface area contributed by atoms with Gasteiger partial charge in [-0.05, 0) is 72.2 Å². The number of benzene rings is 7. The minimum absolute atomic E-state index is 0.148. The van der Waals surface area contributed by atoms with Crippen molar-refractivity contribution < 1.29 is 8.83 Å². The van der Waals surface area contributed by atoms with Crippen LogP contribution in [0.4, 0.5) is 0 Å². The second kappa shape index (κ2) is 12.5. The number of furan rings is 2. The van der Waals surface area contributed by atoms with Crippen molar-refractivity contribution >= 4 is 78.5 Å². The van der Waals surface area contributed by atoms with Gasteiger partial charge in [-0.1, -0.05) is 121 Å². The number of aliphatic imine (C=N–C) groups is 2. The summed E-state index contributed by atoms with van der Waals surface area (Å²) in [4.78, 5) is 10.1. The van der Waals surface area contributed by atoms with E-state index < -0.39 is 0 Å². The first-order valence-electron chi connectivity index (χ1n) is 19.5. The van der Waals surface area contributed by atoms with Crippen LogP contribution in [0.25, 0.3) is 72.6 Å². The van der Waals surface area contributed by atoms with Crippen molar-refractivity contribution in [1.82, 2.24) is 9.88 Å². The Labute approximate surface area is 327 Å². The molecule has 3 aromatic heterocycles. The number of para-hydroxylation sites is 2. The number of amidine groups is 2. The maximum Gasteiger partial charge on any atom is 0.159 e. The molecule has 1 aliphatic carbocycles. The Morgan fingerprint density at radius 3 is 1.95 bits per heavy atom. The van der Waals surface area contributed by atoms with Gasteiger partial charge in [0, 0.05) is 43.8 Å². The summed E-state index contributed by atoms with van der Waals surface area (Å²) in [6.07, 6.45) is 5.20. The van der Waals surface area contributed by atoms with E-state index in [0.717, 1.165) is 78.2 Å². The molecule has 0 radical (unpaired) electrons. The van der Waals surface area contributed by atoms with Crippen LogP contribution in [0.5, 0.6) is 0 Å². The zero-order valence-electron chi connectivity index (χ0n) is 30.8. The summed E-state index contributed by atoms with van der Waals surface area (Å²) >= 11 is 0. The lowest BCUT2D eigenvalue weighted by atomic mass is 9.91. The van der Waals surface area contributed by atoms with Gasteiger partial charge in [0.15, 0.2) is 5.84 Å². The van der Waals surface area contributed by atoms with E-state index in [-0.39, 0.29) is 12.1 Å². The number of aromatic nitrogens is 1. The van der Waals surface area contributed by atoms with Crippen molar-refractivity contribution in [1.29, 1.82) is 0 Å². The summed E-state index contributed by atoms with van der Waals surface area (Å²) < 4.78 is 15.5. The molecule has 2 atom stereocenters. The molecule has 0 amide bonds. The molecule has 0 saturated carbocycles. The van der Waals surface area contributed by atoms with Gasteiger partial charge in [0.25, 0.3) is 0 Å². The number of fused-ring (bicyclic) bond motifs is 9. The monoisotopic (exact) mass is 734 g/mol. The van der Waals surface area contributed by atoms with E-state index in [4.69, 9.17) is 18.8 Å². The molecule has 0 saturated heterocycles. The molecule has 12 rings (SSSR count). The smallest absolute Gasteiger partial charge is 0.159 e. The normalized spacial score (nSPS) is 16.6. The molecular formula is C51H34N4O2. The minimum atomic E-state index is -0.328. The van der Waals surface area contributed by atoms with Gasteiger partial charge in [0.1, 0.15) is 34.2 Å². The van der Waals surface area contributed by atoms with Crippen LogP contribution >= 0.6 is 0 Å². The molecule has 2 aliphatic rings. The van der Waals surface area contributed by atoms with Crippen LogP contribution in [0, 0.1) is 0 Å². The molecule has 0 bridgehead atoms. The van der Waals surface area contributed by atoms with Gasteiger partial charge in [-0.25, -0.2) is 9.98 Å². The van der Waals surface area contributed by atoms with Crippen molar-refractivity contribution in [2.24, 2.45) is 9.98 Å². The molecule has 4 heterocycles. The van der Waals surface area contributed by atoms with Gasteiger partial charge in [-0.2, -0.15) is 0 Å². The SMILES string of the molecule is C1=c2oc3cccc(-n4c5ccccc5c5ccccc54)c3c2=CCC1c1ccc2oc3ccc(C4N=C(c5ccccc5)N=C(c5ccccc5)N4)cc3c2c1. The number of hydrogen-bond acceptors (Lipinski definition) is 5. The Bertz CT molecular complexity index is 3370. The molecule has 0 spiro atoms. The van der Waals surface area contributed by atoms with Gasteiger partial charge < -0.3 is 18.7 Å². The summed E-state index contributed by atoms with van der Waals surface area (Å²) in [5.41, 5.74) is 11.3. The maximum atomic E-state index is 6.66. The van der Waals surface area contributed by atoms with Crippen LogP contribution in [-0.4, -0.2) is 16.2 Å². The average Bonchev–Trinajstić information content (AvgIpc) is 3.95. The van der Waals surface area contributed by atoms with E-state index in [2.05, 4.69) is 149 Å². The highest BCUT2D eigenvalue weighted by atomic mass is 16.3. The Kier molecular flexibility index (Phi) is 7.01. The molecular weight excluding hydrogens is 701 g/mol. The van der Waals surface area contributed by atoms with E-state index in [1.54, 1.807) is 0 Å². The average molecular weight is 735 g/mol. The van der Waals surface area contributed by atoms with Crippen LogP contribution < -0.4 is 16.0 Å². The molecule has 6 heteroatoms. The molecule has 10 aromatic rings. The van der Waals surface area contributed by atoms with E-state index >= 15 is 0 Å². The second-order valence-corrected chi connectivity index (χ2v) is 14.9. The first kappa shape index (κ1) is 31.9. The molecule has 1 aliphatic heterocycles. The minimum Gasteiger partial charge on any atom is -0.456 e. The number of hydrogen-bond donors (Lipinski definition) is 1. The summed E-state index contributed by atoms with van der Waals surface area (Å²) in [5.74, 6) is 1.65. The maximum absolute atomic E-state index is 6.66. The van der Waals surface area contributed by atoms with E-state index in [0.29, 0.717) is 5.84 Å². The molecule has 0 fully saturated rings.